The van der Waals surface area contributed by atoms with E-state index in [4.69, 9.17) is 0 Å². The zero-order valence-corrected chi connectivity index (χ0v) is 11.7. The fourth-order valence-electron chi connectivity index (χ4n) is 1.38. The number of rotatable bonds is 4. The number of allylic oxidation sites excluding steroid dienone is 1. The van der Waals surface area contributed by atoms with E-state index in [0.717, 1.165) is 15.6 Å². The number of benzene rings is 1. The van der Waals surface area contributed by atoms with Crippen molar-refractivity contribution in [1.82, 2.24) is 4.90 Å². The Bertz CT molecular complexity index is 451. The van der Waals surface area contributed by atoms with Gasteiger partial charge in [0, 0.05) is 16.2 Å². The largest absolute Gasteiger partial charge is 0.311 e. The molecule has 0 atom stereocenters. The Hall–Kier alpha value is -1.35. The van der Waals surface area contributed by atoms with Crippen molar-refractivity contribution in [2.75, 3.05) is 0 Å². The molecular formula is C14H16BrNO. The van der Waals surface area contributed by atoms with Crippen molar-refractivity contribution in [3.63, 3.8) is 0 Å². The monoisotopic (exact) mass is 293 g/mol. The SMILES string of the molecule is C=CN(Cc1ccccc1Br)C(=O)/C(C)=C/C. The van der Waals surface area contributed by atoms with E-state index in [1.165, 1.54) is 0 Å². The second kappa shape index (κ2) is 6.40. The summed E-state index contributed by atoms with van der Waals surface area (Å²) in [6, 6.07) is 7.85. The molecule has 1 amide bonds. The number of carbonyl (C=O) groups excluding carboxylic acids is 1. The third-order valence-corrected chi connectivity index (χ3v) is 3.32. The molecule has 0 N–H and O–H groups in total. The average molecular weight is 294 g/mol. The second-order valence-electron chi connectivity index (χ2n) is 3.68. The molecule has 1 rings (SSSR count). The number of hydrogen-bond acceptors (Lipinski definition) is 1. The van der Waals surface area contributed by atoms with Crippen LogP contribution in [0.3, 0.4) is 0 Å². The van der Waals surface area contributed by atoms with Crippen LogP contribution in [0, 0.1) is 0 Å². The maximum absolute atomic E-state index is 12.0. The highest BCUT2D eigenvalue weighted by molar-refractivity contribution is 9.10. The summed E-state index contributed by atoms with van der Waals surface area (Å²) >= 11 is 3.47. The van der Waals surface area contributed by atoms with Crippen LogP contribution in [0.2, 0.25) is 0 Å². The molecule has 90 valence electrons. The molecule has 0 bridgehead atoms. The summed E-state index contributed by atoms with van der Waals surface area (Å²) in [5.74, 6) is -0.0155. The molecular weight excluding hydrogens is 278 g/mol. The van der Waals surface area contributed by atoms with Crippen molar-refractivity contribution in [1.29, 1.82) is 0 Å². The molecule has 0 aromatic heterocycles. The molecule has 0 fully saturated rings. The van der Waals surface area contributed by atoms with Gasteiger partial charge in [-0.05, 0) is 25.5 Å². The van der Waals surface area contributed by atoms with Crippen molar-refractivity contribution in [3.8, 4) is 0 Å². The standard InChI is InChI=1S/C14H16BrNO/c1-4-11(3)14(17)16(5-2)10-12-8-6-7-9-13(12)15/h4-9H,2,10H2,1,3H3/b11-4+. The van der Waals surface area contributed by atoms with Crippen molar-refractivity contribution in [3.05, 3.63) is 58.7 Å². The lowest BCUT2D eigenvalue weighted by Gasteiger charge is -2.19. The van der Waals surface area contributed by atoms with Gasteiger partial charge in [-0.1, -0.05) is 46.8 Å². The number of amides is 1. The first kappa shape index (κ1) is 13.7. The summed E-state index contributed by atoms with van der Waals surface area (Å²) in [5.41, 5.74) is 1.78. The fourth-order valence-corrected chi connectivity index (χ4v) is 1.79. The normalized spacial score (nSPS) is 11.1. The number of halogens is 1. The second-order valence-corrected chi connectivity index (χ2v) is 4.53. The Balaban J connectivity index is 2.88. The van der Waals surface area contributed by atoms with Crippen LogP contribution in [-0.4, -0.2) is 10.8 Å². The van der Waals surface area contributed by atoms with Crippen LogP contribution in [0.1, 0.15) is 19.4 Å². The maximum atomic E-state index is 12.0. The number of carbonyl (C=O) groups is 1. The molecule has 0 aliphatic heterocycles. The zero-order chi connectivity index (χ0) is 12.8. The molecule has 3 heteroatoms. The Morgan fingerprint density at radius 1 is 1.47 bits per heavy atom. The van der Waals surface area contributed by atoms with E-state index in [1.54, 1.807) is 24.1 Å². The van der Waals surface area contributed by atoms with Gasteiger partial charge in [0.2, 0.25) is 0 Å². The smallest absolute Gasteiger partial charge is 0.253 e. The Morgan fingerprint density at radius 2 is 2.12 bits per heavy atom. The highest BCUT2D eigenvalue weighted by Gasteiger charge is 2.13. The first-order chi connectivity index (χ1) is 8.10. The van der Waals surface area contributed by atoms with E-state index in [2.05, 4.69) is 22.5 Å². The minimum atomic E-state index is -0.0155. The first-order valence-corrected chi connectivity index (χ1v) is 6.19. The number of nitrogens with zero attached hydrogens (tertiary/aromatic N) is 1. The van der Waals surface area contributed by atoms with Crippen LogP contribution < -0.4 is 0 Å². The van der Waals surface area contributed by atoms with Crippen molar-refractivity contribution >= 4 is 21.8 Å². The molecule has 1 aromatic rings. The molecule has 0 radical (unpaired) electrons. The lowest BCUT2D eigenvalue weighted by molar-refractivity contribution is -0.125. The molecule has 1 aromatic carbocycles. The van der Waals surface area contributed by atoms with Gasteiger partial charge in [0.15, 0.2) is 0 Å². The molecule has 0 saturated carbocycles. The molecule has 0 aliphatic carbocycles. The summed E-state index contributed by atoms with van der Waals surface area (Å²) in [5, 5.41) is 0. The number of hydrogen-bond donors (Lipinski definition) is 0. The molecule has 0 unspecified atom stereocenters. The van der Waals surface area contributed by atoms with Gasteiger partial charge in [-0.3, -0.25) is 4.79 Å². The van der Waals surface area contributed by atoms with Gasteiger partial charge in [-0.2, -0.15) is 0 Å². The van der Waals surface area contributed by atoms with Gasteiger partial charge < -0.3 is 4.90 Å². The molecule has 0 saturated heterocycles. The molecule has 2 nitrogen and oxygen atoms in total. The topological polar surface area (TPSA) is 20.3 Å². The predicted molar refractivity (Wildman–Crippen MR) is 74.3 cm³/mol. The van der Waals surface area contributed by atoms with Gasteiger partial charge in [-0.15, -0.1) is 0 Å². The minimum absolute atomic E-state index is 0.0155. The van der Waals surface area contributed by atoms with Gasteiger partial charge in [0.25, 0.3) is 5.91 Å². The molecule has 0 heterocycles. The van der Waals surface area contributed by atoms with Crippen molar-refractivity contribution < 1.29 is 4.79 Å². The Labute approximate surface area is 111 Å². The van der Waals surface area contributed by atoms with Crippen LogP contribution in [0.4, 0.5) is 0 Å². The third kappa shape index (κ3) is 3.56. The fraction of sp³-hybridized carbons (Fsp3) is 0.214. The molecule has 17 heavy (non-hydrogen) atoms. The van der Waals surface area contributed by atoms with Crippen LogP contribution in [-0.2, 0) is 11.3 Å². The quantitative estimate of drug-likeness (QED) is 0.772. The minimum Gasteiger partial charge on any atom is -0.311 e. The summed E-state index contributed by atoms with van der Waals surface area (Å²) in [4.78, 5) is 13.6. The third-order valence-electron chi connectivity index (χ3n) is 2.55. The Kier molecular flexibility index (Phi) is 5.16. The van der Waals surface area contributed by atoms with Crippen molar-refractivity contribution in [2.24, 2.45) is 0 Å². The molecule has 0 aliphatic rings. The first-order valence-electron chi connectivity index (χ1n) is 5.40. The Morgan fingerprint density at radius 3 is 2.65 bits per heavy atom. The summed E-state index contributed by atoms with van der Waals surface area (Å²) in [6.45, 7) is 7.87. The highest BCUT2D eigenvalue weighted by Crippen LogP contribution is 2.18. The van der Waals surface area contributed by atoms with E-state index in [9.17, 15) is 4.79 Å². The van der Waals surface area contributed by atoms with Gasteiger partial charge in [0.05, 0.1) is 6.54 Å². The van der Waals surface area contributed by atoms with Gasteiger partial charge in [-0.25, -0.2) is 0 Å². The molecule has 0 spiro atoms. The van der Waals surface area contributed by atoms with E-state index < -0.39 is 0 Å². The van der Waals surface area contributed by atoms with Crippen LogP contribution in [0.5, 0.6) is 0 Å². The van der Waals surface area contributed by atoms with Gasteiger partial charge >= 0.3 is 0 Å². The predicted octanol–water partition coefficient (Wildman–Crippen LogP) is 3.89. The van der Waals surface area contributed by atoms with E-state index in [0.29, 0.717) is 6.54 Å². The van der Waals surface area contributed by atoms with E-state index in [-0.39, 0.29) is 5.91 Å². The van der Waals surface area contributed by atoms with Crippen molar-refractivity contribution in [2.45, 2.75) is 20.4 Å². The zero-order valence-electron chi connectivity index (χ0n) is 10.1. The maximum Gasteiger partial charge on any atom is 0.253 e. The van der Waals surface area contributed by atoms with E-state index in [1.807, 2.05) is 31.2 Å². The van der Waals surface area contributed by atoms with Crippen LogP contribution in [0.15, 0.2) is 53.2 Å². The van der Waals surface area contributed by atoms with Crippen LogP contribution in [0.25, 0.3) is 0 Å². The van der Waals surface area contributed by atoms with Gasteiger partial charge in [0.1, 0.15) is 0 Å². The lowest BCUT2D eigenvalue weighted by Crippen LogP contribution is -2.25. The van der Waals surface area contributed by atoms with Crippen LogP contribution >= 0.6 is 15.9 Å². The van der Waals surface area contributed by atoms with E-state index >= 15 is 0 Å². The summed E-state index contributed by atoms with van der Waals surface area (Å²) in [7, 11) is 0. The summed E-state index contributed by atoms with van der Waals surface area (Å²) in [6.07, 6.45) is 3.37. The highest BCUT2D eigenvalue weighted by atomic mass is 79.9. The average Bonchev–Trinajstić information content (AvgIpc) is 2.36. The summed E-state index contributed by atoms with van der Waals surface area (Å²) < 4.78 is 0.998. The lowest BCUT2D eigenvalue weighted by atomic mass is 10.2.